The Labute approximate surface area is 170 Å². The molecule has 5 nitrogen and oxygen atoms in total. The lowest BCUT2D eigenvalue weighted by atomic mass is 10.1. The third-order valence-corrected chi connectivity index (χ3v) is 5.15. The number of aliphatic imine (C=N–C) groups is 1. The Hall–Kier alpha value is -2.73. The number of hydrogen-bond acceptors (Lipinski definition) is 5. The first kappa shape index (κ1) is 20.0. The minimum absolute atomic E-state index is 0.0359. The highest BCUT2D eigenvalue weighted by Gasteiger charge is 2.33. The molecule has 1 fully saturated rings. The molecular formula is C22H24N2O3S. The Balaban J connectivity index is 1.97. The molecule has 1 saturated heterocycles. The molecule has 0 aromatic heterocycles. The molecular weight excluding hydrogens is 372 g/mol. The number of methoxy groups -OCH3 is 2. The first-order valence-corrected chi connectivity index (χ1v) is 9.90. The molecule has 28 heavy (non-hydrogen) atoms. The van der Waals surface area contributed by atoms with Crippen molar-refractivity contribution >= 4 is 34.6 Å². The summed E-state index contributed by atoms with van der Waals surface area (Å²) in [5.41, 5.74) is 1.65. The van der Waals surface area contributed by atoms with E-state index < -0.39 is 0 Å². The van der Waals surface area contributed by atoms with Crippen LogP contribution in [0.15, 0.2) is 58.4 Å². The van der Waals surface area contributed by atoms with Crippen molar-refractivity contribution in [2.24, 2.45) is 10.9 Å². The van der Waals surface area contributed by atoms with E-state index in [0.29, 0.717) is 34.0 Å². The molecule has 1 heterocycles. The molecule has 146 valence electrons. The Morgan fingerprint density at radius 1 is 1.11 bits per heavy atom. The molecule has 0 radical (unpaired) electrons. The summed E-state index contributed by atoms with van der Waals surface area (Å²) in [5.74, 6) is 1.66. The van der Waals surface area contributed by atoms with Crippen LogP contribution in [0.1, 0.15) is 19.4 Å². The predicted octanol–water partition coefficient (Wildman–Crippen LogP) is 4.96. The number of ether oxygens (including phenoxy) is 2. The first-order chi connectivity index (χ1) is 13.5. The summed E-state index contributed by atoms with van der Waals surface area (Å²) >= 11 is 1.39. The maximum atomic E-state index is 13.1. The highest BCUT2D eigenvalue weighted by Crippen LogP contribution is 2.36. The molecule has 0 spiro atoms. The number of nitrogens with zero attached hydrogens (tertiary/aromatic N) is 2. The van der Waals surface area contributed by atoms with E-state index in [0.717, 1.165) is 11.3 Å². The Bertz CT molecular complexity index is 907. The van der Waals surface area contributed by atoms with Gasteiger partial charge in [0.15, 0.2) is 5.17 Å². The van der Waals surface area contributed by atoms with Crippen LogP contribution in [0.4, 0.5) is 5.69 Å². The van der Waals surface area contributed by atoms with Crippen LogP contribution in [0.3, 0.4) is 0 Å². The van der Waals surface area contributed by atoms with Crippen molar-refractivity contribution < 1.29 is 14.3 Å². The zero-order valence-electron chi connectivity index (χ0n) is 16.5. The molecule has 0 aliphatic carbocycles. The number of para-hydroxylation sites is 1. The SMILES string of the molecule is COc1ccc(/C=C2\SC(=Nc3ccccc3)N(CC(C)C)C2=O)c(OC)c1. The van der Waals surface area contributed by atoms with Gasteiger partial charge in [0.1, 0.15) is 11.5 Å². The van der Waals surface area contributed by atoms with Crippen molar-refractivity contribution in [3.8, 4) is 11.5 Å². The lowest BCUT2D eigenvalue weighted by Gasteiger charge is -2.17. The van der Waals surface area contributed by atoms with Crippen LogP contribution in [-0.2, 0) is 4.79 Å². The molecule has 0 saturated carbocycles. The zero-order valence-corrected chi connectivity index (χ0v) is 17.3. The molecule has 2 aromatic rings. The second-order valence-electron chi connectivity index (χ2n) is 6.76. The number of carbonyl (C=O) groups excluding carboxylic acids is 1. The molecule has 0 atom stereocenters. The molecule has 1 aliphatic rings. The van der Waals surface area contributed by atoms with Crippen LogP contribution < -0.4 is 9.47 Å². The van der Waals surface area contributed by atoms with Gasteiger partial charge in [0.25, 0.3) is 5.91 Å². The van der Waals surface area contributed by atoms with Crippen LogP contribution >= 0.6 is 11.8 Å². The van der Waals surface area contributed by atoms with Crippen LogP contribution in [0.2, 0.25) is 0 Å². The summed E-state index contributed by atoms with van der Waals surface area (Å²) in [6, 6.07) is 15.2. The highest BCUT2D eigenvalue weighted by molar-refractivity contribution is 8.18. The number of amidine groups is 1. The third-order valence-electron chi connectivity index (χ3n) is 4.14. The Morgan fingerprint density at radius 2 is 1.86 bits per heavy atom. The molecule has 0 unspecified atom stereocenters. The molecule has 1 aliphatic heterocycles. The lowest BCUT2D eigenvalue weighted by molar-refractivity contribution is -0.122. The van der Waals surface area contributed by atoms with Crippen LogP contribution in [-0.4, -0.2) is 36.7 Å². The zero-order chi connectivity index (χ0) is 20.1. The minimum Gasteiger partial charge on any atom is -0.497 e. The Morgan fingerprint density at radius 3 is 2.50 bits per heavy atom. The van der Waals surface area contributed by atoms with Gasteiger partial charge in [-0.2, -0.15) is 0 Å². The monoisotopic (exact) mass is 396 g/mol. The maximum absolute atomic E-state index is 13.1. The number of thioether (sulfide) groups is 1. The van der Waals surface area contributed by atoms with Crippen LogP contribution in [0.5, 0.6) is 11.5 Å². The quantitative estimate of drug-likeness (QED) is 0.647. The van der Waals surface area contributed by atoms with Gasteiger partial charge in [0.2, 0.25) is 0 Å². The van der Waals surface area contributed by atoms with Gasteiger partial charge in [-0.25, -0.2) is 4.99 Å². The van der Waals surface area contributed by atoms with E-state index in [9.17, 15) is 4.79 Å². The fourth-order valence-electron chi connectivity index (χ4n) is 2.81. The second kappa shape index (κ2) is 8.97. The van der Waals surface area contributed by atoms with E-state index in [1.807, 2.05) is 48.5 Å². The van der Waals surface area contributed by atoms with Gasteiger partial charge in [-0.15, -0.1) is 0 Å². The largest absolute Gasteiger partial charge is 0.497 e. The van der Waals surface area contributed by atoms with Gasteiger partial charge in [0, 0.05) is 18.2 Å². The van der Waals surface area contributed by atoms with Gasteiger partial charge >= 0.3 is 0 Å². The standard InChI is InChI=1S/C22H24N2O3S/c1-15(2)14-24-21(25)20(28-22(24)23-17-8-6-5-7-9-17)12-16-10-11-18(26-3)13-19(16)27-4/h5-13,15H,14H2,1-4H3/b20-12-,23-22?. The summed E-state index contributed by atoms with van der Waals surface area (Å²) in [5, 5.41) is 0.698. The van der Waals surface area contributed by atoms with E-state index in [1.54, 1.807) is 25.2 Å². The van der Waals surface area contributed by atoms with Gasteiger partial charge in [0.05, 0.1) is 24.8 Å². The summed E-state index contributed by atoms with van der Waals surface area (Å²) in [7, 11) is 3.22. The summed E-state index contributed by atoms with van der Waals surface area (Å²) in [4.78, 5) is 20.1. The van der Waals surface area contributed by atoms with Gasteiger partial charge < -0.3 is 9.47 Å². The van der Waals surface area contributed by atoms with E-state index in [2.05, 4.69) is 13.8 Å². The minimum atomic E-state index is -0.0359. The molecule has 0 N–H and O–H groups in total. The molecule has 6 heteroatoms. The van der Waals surface area contributed by atoms with E-state index >= 15 is 0 Å². The number of benzene rings is 2. The summed E-state index contributed by atoms with van der Waals surface area (Å²) in [6.45, 7) is 4.80. The molecule has 2 aromatic carbocycles. The van der Waals surface area contributed by atoms with E-state index in [4.69, 9.17) is 14.5 Å². The van der Waals surface area contributed by atoms with Crippen LogP contribution in [0.25, 0.3) is 6.08 Å². The fraction of sp³-hybridized carbons (Fsp3) is 0.273. The normalized spacial score (nSPS) is 17.0. The van der Waals surface area contributed by atoms with Crippen molar-refractivity contribution in [2.45, 2.75) is 13.8 Å². The average molecular weight is 397 g/mol. The predicted molar refractivity (Wildman–Crippen MR) is 115 cm³/mol. The lowest BCUT2D eigenvalue weighted by Crippen LogP contribution is -2.32. The molecule has 3 rings (SSSR count). The number of rotatable bonds is 6. The second-order valence-corrected chi connectivity index (χ2v) is 7.77. The van der Waals surface area contributed by atoms with Gasteiger partial charge in [-0.3, -0.25) is 9.69 Å². The Kier molecular flexibility index (Phi) is 6.41. The summed E-state index contributed by atoms with van der Waals surface area (Å²) < 4.78 is 10.7. The fourth-order valence-corrected chi connectivity index (χ4v) is 3.81. The van der Waals surface area contributed by atoms with Crippen molar-refractivity contribution in [3.63, 3.8) is 0 Å². The van der Waals surface area contributed by atoms with E-state index in [1.165, 1.54) is 11.8 Å². The van der Waals surface area contributed by atoms with E-state index in [-0.39, 0.29) is 5.91 Å². The van der Waals surface area contributed by atoms with Crippen molar-refractivity contribution in [3.05, 3.63) is 59.0 Å². The third kappa shape index (κ3) is 4.57. The number of hydrogen-bond donors (Lipinski definition) is 0. The highest BCUT2D eigenvalue weighted by atomic mass is 32.2. The van der Waals surface area contributed by atoms with Crippen molar-refractivity contribution in [1.29, 1.82) is 0 Å². The smallest absolute Gasteiger partial charge is 0.266 e. The molecule has 1 amide bonds. The van der Waals surface area contributed by atoms with Gasteiger partial charge in [-0.05, 0) is 48.0 Å². The molecule has 0 bridgehead atoms. The number of amides is 1. The van der Waals surface area contributed by atoms with Crippen molar-refractivity contribution in [2.75, 3.05) is 20.8 Å². The summed E-state index contributed by atoms with van der Waals surface area (Å²) in [6.07, 6.45) is 1.85. The van der Waals surface area contributed by atoms with Crippen LogP contribution in [0, 0.1) is 5.92 Å². The maximum Gasteiger partial charge on any atom is 0.266 e. The van der Waals surface area contributed by atoms with Gasteiger partial charge in [-0.1, -0.05) is 32.0 Å². The first-order valence-electron chi connectivity index (χ1n) is 9.09. The number of carbonyl (C=O) groups is 1. The van der Waals surface area contributed by atoms with Crippen molar-refractivity contribution in [1.82, 2.24) is 4.90 Å². The average Bonchev–Trinajstić information content (AvgIpc) is 2.97. The topological polar surface area (TPSA) is 51.1 Å².